The van der Waals surface area contributed by atoms with Gasteiger partial charge in [0, 0.05) is 30.2 Å². The molecule has 0 bridgehead atoms. The molecule has 0 aliphatic heterocycles. The summed E-state index contributed by atoms with van der Waals surface area (Å²) >= 11 is 1.24. The Morgan fingerprint density at radius 3 is 2.88 bits per heavy atom. The Bertz CT molecular complexity index is 529. The van der Waals surface area contributed by atoms with E-state index >= 15 is 0 Å². The number of carboxylic acid groups (broad SMARTS) is 1. The van der Waals surface area contributed by atoms with Crippen molar-refractivity contribution in [3.05, 3.63) is 40.0 Å². The minimum Gasteiger partial charge on any atom is -0.477 e. The average Bonchev–Trinajstić information content (AvgIpc) is 2.88. The lowest BCUT2D eigenvalue weighted by atomic mass is 10.2. The van der Waals surface area contributed by atoms with Crippen LogP contribution in [0.4, 0.5) is 5.69 Å². The van der Waals surface area contributed by atoms with Crippen LogP contribution in [0.5, 0.6) is 0 Å². The van der Waals surface area contributed by atoms with Gasteiger partial charge >= 0.3 is 5.97 Å². The van der Waals surface area contributed by atoms with Crippen molar-refractivity contribution in [3.8, 4) is 0 Å². The molecule has 90 valence electrons. The van der Waals surface area contributed by atoms with E-state index in [9.17, 15) is 4.79 Å². The molecule has 17 heavy (non-hydrogen) atoms. The highest BCUT2D eigenvalue weighted by Crippen LogP contribution is 2.24. The van der Waals surface area contributed by atoms with E-state index in [-0.39, 0.29) is 0 Å². The second-order valence-electron chi connectivity index (χ2n) is 3.83. The van der Waals surface area contributed by atoms with Gasteiger partial charge in [0.2, 0.25) is 0 Å². The van der Waals surface area contributed by atoms with Gasteiger partial charge in [-0.1, -0.05) is 0 Å². The van der Waals surface area contributed by atoms with E-state index in [2.05, 4.69) is 0 Å². The smallest absolute Gasteiger partial charge is 0.345 e. The molecule has 0 saturated carbocycles. The van der Waals surface area contributed by atoms with E-state index in [1.54, 1.807) is 12.3 Å². The maximum atomic E-state index is 10.8. The molecule has 0 amide bonds. The normalized spacial score (nSPS) is 10.5. The molecule has 0 aromatic carbocycles. The van der Waals surface area contributed by atoms with Gasteiger partial charge in [-0.25, -0.2) is 4.79 Å². The van der Waals surface area contributed by atoms with E-state index in [4.69, 9.17) is 9.52 Å². The number of carboxylic acids is 1. The lowest BCUT2D eigenvalue weighted by Gasteiger charge is -2.16. The quantitative estimate of drug-likeness (QED) is 0.907. The Labute approximate surface area is 103 Å². The summed E-state index contributed by atoms with van der Waals surface area (Å²) in [5, 5.41) is 10.7. The molecule has 0 aliphatic carbocycles. The van der Waals surface area contributed by atoms with Crippen LogP contribution in [0.1, 0.15) is 21.0 Å². The van der Waals surface area contributed by atoms with Gasteiger partial charge in [0.15, 0.2) is 0 Å². The van der Waals surface area contributed by atoms with Crippen LogP contribution in [0.25, 0.3) is 0 Å². The number of nitrogens with zero attached hydrogens (tertiary/aromatic N) is 1. The molecule has 0 spiro atoms. The van der Waals surface area contributed by atoms with Crippen molar-refractivity contribution in [3.63, 3.8) is 0 Å². The van der Waals surface area contributed by atoms with Gasteiger partial charge in [-0.05, 0) is 19.1 Å². The summed E-state index contributed by atoms with van der Waals surface area (Å²) in [5.74, 6) is 0.0136. The van der Waals surface area contributed by atoms with Crippen LogP contribution in [0.3, 0.4) is 0 Å². The lowest BCUT2D eigenvalue weighted by molar-refractivity contribution is 0.0702. The summed E-state index contributed by atoms with van der Waals surface area (Å²) in [6.07, 6.45) is 1.66. The highest BCUT2D eigenvalue weighted by Gasteiger charge is 2.11. The zero-order valence-corrected chi connectivity index (χ0v) is 10.5. The fraction of sp³-hybridized carbons (Fsp3) is 0.250. The number of hydrogen-bond donors (Lipinski definition) is 1. The average molecular weight is 251 g/mol. The van der Waals surface area contributed by atoms with Crippen LogP contribution >= 0.6 is 11.3 Å². The van der Waals surface area contributed by atoms with E-state index in [0.29, 0.717) is 11.4 Å². The predicted molar refractivity (Wildman–Crippen MR) is 66.8 cm³/mol. The summed E-state index contributed by atoms with van der Waals surface area (Å²) in [5.41, 5.74) is 2.02. The lowest BCUT2D eigenvalue weighted by Crippen LogP contribution is -2.15. The van der Waals surface area contributed by atoms with Crippen LogP contribution < -0.4 is 4.90 Å². The van der Waals surface area contributed by atoms with Crippen molar-refractivity contribution in [2.45, 2.75) is 13.5 Å². The Hall–Kier alpha value is -1.75. The fourth-order valence-corrected chi connectivity index (χ4v) is 2.35. The van der Waals surface area contributed by atoms with Gasteiger partial charge in [0.1, 0.15) is 10.6 Å². The summed E-state index contributed by atoms with van der Waals surface area (Å²) in [6.45, 7) is 2.62. The summed E-state index contributed by atoms with van der Waals surface area (Å²) in [7, 11) is 1.93. The Morgan fingerprint density at radius 2 is 2.35 bits per heavy atom. The highest BCUT2D eigenvalue weighted by molar-refractivity contribution is 7.12. The Balaban J connectivity index is 2.12. The molecule has 0 fully saturated rings. The molecular formula is C12H13NO3S. The third-order valence-electron chi connectivity index (χ3n) is 2.61. The van der Waals surface area contributed by atoms with Gasteiger partial charge in [-0.2, -0.15) is 0 Å². The van der Waals surface area contributed by atoms with Crippen molar-refractivity contribution in [2.24, 2.45) is 0 Å². The standard InChI is InChI=1S/C12H13NO3S/c1-8-9(3-4-16-8)6-13(2)10-5-11(12(14)15)17-7-10/h3-5,7H,6H2,1-2H3,(H,14,15). The van der Waals surface area contributed by atoms with E-state index < -0.39 is 5.97 Å². The number of thiophene rings is 1. The first-order valence-electron chi connectivity index (χ1n) is 5.14. The predicted octanol–water partition coefficient (Wildman–Crippen LogP) is 2.98. The molecule has 2 aromatic rings. The number of aryl methyl sites for hydroxylation is 1. The summed E-state index contributed by atoms with van der Waals surface area (Å²) in [4.78, 5) is 13.1. The third-order valence-corrected chi connectivity index (χ3v) is 3.52. The second-order valence-corrected chi connectivity index (χ2v) is 4.74. The molecule has 4 nitrogen and oxygen atoms in total. The van der Waals surface area contributed by atoms with E-state index in [1.807, 2.05) is 30.3 Å². The monoisotopic (exact) mass is 251 g/mol. The molecule has 5 heteroatoms. The molecule has 0 saturated heterocycles. The molecule has 0 unspecified atom stereocenters. The van der Waals surface area contributed by atoms with Crippen molar-refractivity contribution in [1.82, 2.24) is 0 Å². The Morgan fingerprint density at radius 1 is 1.59 bits per heavy atom. The third kappa shape index (κ3) is 2.50. The number of aromatic carboxylic acids is 1. The zero-order chi connectivity index (χ0) is 12.4. The molecule has 0 aliphatic rings. The maximum absolute atomic E-state index is 10.8. The molecular weight excluding hydrogens is 238 g/mol. The van der Waals surface area contributed by atoms with Crippen LogP contribution in [0.15, 0.2) is 28.2 Å². The number of furan rings is 1. The summed E-state index contributed by atoms with van der Waals surface area (Å²) in [6, 6.07) is 3.61. The molecule has 1 N–H and O–H groups in total. The van der Waals surface area contributed by atoms with Crippen LogP contribution in [-0.2, 0) is 6.54 Å². The summed E-state index contributed by atoms with van der Waals surface area (Å²) < 4.78 is 5.23. The Kier molecular flexibility index (Phi) is 3.19. The van der Waals surface area contributed by atoms with Crippen molar-refractivity contribution >= 4 is 23.0 Å². The topological polar surface area (TPSA) is 53.7 Å². The van der Waals surface area contributed by atoms with Crippen LogP contribution in [-0.4, -0.2) is 18.1 Å². The van der Waals surface area contributed by atoms with E-state index in [1.165, 1.54) is 11.3 Å². The first-order chi connectivity index (χ1) is 8.08. The highest BCUT2D eigenvalue weighted by atomic mass is 32.1. The van der Waals surface area contributed by atoms with Crippen molar-refractivity contribution in [1.29, 1.82) is 0 Å². The zero-order valence-electron chi connectivity index (χ0n) is 9.64. The van der Waals surface area contributed by atoms with Crippen LogP contribution in [0, 0.1) is 6.92 Å². The molecule has 2 heterocycles. The van der Waals surface area contributed by atoms with Gasteiger partial charge in [0.05, 0.1) is 6.26 Å². The maximum Gasteiger partial charge on any atom is 0.345 e. The molecule has 0 radical (unpaired) electrons. The minimum absolute atomic E-state index is 0.357. The van der Waals surface area contributed by atoms with Crippen LogP contribution in [0.2, 0.25) is 0 Å². The van der Waals surface area contributed by atoms with Crippen molar-refractivity contribution < 1.29 is 14.3 Å². The SMILES string of the molecule is Cc1occc1CN(C)c1csc(C(=O)O)c1. The molecule has 0 atom stereocenters. The number of anilines is 1. The minimum atomic E-state index is -0.880. The first-order valence-corrected chi connectivity index (χ1v) is 6.02. The number of hydrogen-bond acceptors (Lipinski definition) is 4. The second kappa shape index (κ2) is 4.63. The van der Waals surface area contributed by atoms with Gasteiger partial charge in [0.25, 0.3) is 0 Å². The number of carbonyl (C=O) groups is 1. The molecule has 2 aromatic heterocycles. The van der Waals surface area contributed by atoms with Crippen molar-refractivity contribution in [2.75, 3.05) is 11.9 Å². The van der Waals surface area contributed by atoms with Gasteiger partial charge in [-0.15, -0.1) is 11.3 Å². The van der Waals surface area contributed by atoms with Gasteiger partial charge in [-0.3, -0.25) is 0 Å². The first kappa shape index (κ1) is 11.7. The number of rotatable bonds is 4. The van der Waals surface area contributed by atoms with Gasteiger partial charge < -0.3 is 14.4 Å². The molecule has 2 rings (SSSR count). The van der Waals surface area contributed by atoms with E-state index in [0.717, 1.165) is 17.0 Å². The largest absolute Gasteiger partial charge is 0.477 e. The fourth-order valence-electron chi connectivity index (χ4n) is 1.56.